The Balaban J connectivity index is 2.42. The number of rotatable bonds is 3. The molecule has 2 N–H and O–H groups in total. The summed E-state index contributed by atoms with van der Waals surface area (Å²) in [5.41, 5.74) is 6.16. The molecule has 2 rings (SSSR count). The van der Waals surface area contributed by atoms with Crippen molar-refractivity contribution >= 4 is 5.69 Å². The summed E-state index contributed by atoms with van der Waals surface area (Å²) in [7, 11) is 0. The molecule has 0 saturated heterocycles. The Morgan fingerprint density at radius 3 is 2.94 bits per heavy atom. The first-order valence-corrected chi connectivity index (χ1v) is 5.04. The summed E-state index contributed by atoms with van der Waals surface area (Å²) in [4.78, 5) is 0. The number of nitrogen functional groups attached to an aromatic ring is 1. The first-order chi connectivity index (χ1) is 7.72. The normalized spacial score (nSPS) is 10.6. The molecular formula is C10H12FN5. The molecule has 2 aromatic rings. The summed E-state index contributed by atoms with van der Waals surface area (Å²) in [5.74, 6) is 0.101. The monoisotopic (exact) mass is 221 g/mol. The molecule has 1 heterocycles. The van der Waals surface area contributed by atoms with Crippen LogP contribution in [0.3, 0.4) is 0 Å². The summed E-state index contributed by atoms with van der Waals surface area (Å²) in [6, 6.07) is 4.55. The number of aryl methyl sites for hydroxylation is 1. The lowest BCUT2D eigenvalue weighted by Gasteiger charge is -2.03. The third-order valence-electron chi connectivity index (χ3n) is 2.23. The molecule has 1 aromatic heterocycles. The smallest absolute Gasteiger partial charge is 0.182 e. The van der Waals surface area contributed by atoms with Gasteiger partial charge < -0.3 is 5.73 Å². The Morgan fingerprint density at radius 1 is 1.44 bits per heavy atom. The Labute approximate surface area is 92.1 Å². The Morgan fingerprint density at radius 2 is 2.25 bits per heavy atom. The van der Waals surface area contributed by atoms with E-state index in [-0.39, 0.29) is 5.69 Å². The molecule has 6 heteroatoms. The SMILES string of the molecule is CCCn1nnnc1-c1ccc(N)c(F)c1. The fourth-order valence-electron chi connectivity index (χ4n) is 1.44. The minimum absolute atomic E-state index is 0.123. The molecule has 0 aliphatic heterocycles. The number of anilines is 1. The second kappa shape index (κ2) is 4.26. The van der Waals surface area contributed by atoms with Crippen LogP contribution in [0.25, 0.3) is 11.4 Å². The second-order valence-electron chi connectivity index (χ2n) is 3.46. The highest BCUT2D eigenvalue weighted by Crippen LogP contribution is 2.20. The van der Waals surface area contributed by atoms with Crippen LogP contribution in [0.15, 0.2) is 18.2 Å². The van der Waals surface area contributed by atoms with Crippen molar-refractivity contribution in [2.45, 2.75) is 19.9 Å². The molecule has 0 bridgehead atoms. The fourth-order valence-corrected chi connectivity index (χ4v) is 1.44. The molecule has 5 nitrogen and oxygen atoms in total. The highest BCUT2D eigenvalue weighted by Gasteiger charge is 2.09. The van der Waals surface area contributed by atoms with Gasteiger partial charge in [0.1, 0.15) is 5.82 Å². The molecular weight excluding hydrogens is 209 g/mol. The van der Waals surface area contributed by atoms with Crippen LogP contribution in [0.5, 0.6) is 0 Å². The summed E-state index contributed by atoms with van der Waals surface area (Å²) in [6.45, 7) is 2.73. The lowest BCUT2D eigenvalue weighted by atomic mass is 10.2. The van der Waals surface area contributed by atoms with Crippen molar-refractivity contribution in [2.75, 3.05) is 5.73 Å². The zero-order valence-corrected chi connectivity index (χ0v) is 8.89. The number of hydrogen-bond donors (Lipinski definition) is 1. The van der Waals surface area contributed by atoms with Gasteiger partial charge in [0.25, 0.3) is 0 Å². The topological polar surface area (TPSA) is 69.6 Å². The van der Waals surface area contributed by atoms with Crippen molar-refractivity contribution in [3.05, 3.63) is 24.0 Å². The lowest BCUT2D eigenvalue weighted by Crippen LogP contribution is -2.02. The number of hydrogen-bond acceptors (Lipinski definition) is 4. The van der Waals surface area contributed by atoms with Gasteiger partial charge in [-0.25, -0.2) is 9.07 Å². The van der Waals surface area contributed by atoms with Crippen molar-refractivity contribution in [1.82, 2.24) is 20.2 Å². The summed E-state index contributed by atoms with van der Waals surface area (Å²) < 4.78 is 14.9. The van der Waals surface area contributed by atoms with Crippen LogP contribution in [0.2, 0.25) is 0 Å². The number of benzene rings is 1. The van der Waals surface area contributed by atoms with Crippen LogP contribution >= 0.6 is 0 Å². The van der Waals surface area contributed by atoms with Gasteiger partial charge in [0.05, 0.1) is 5.69 Å². The Hall–Kier alpha value is -1.98. The van der Waals surface area contributed by atoms with E-state index < -0.39 is 5.82 Å². The van der Waals surface area contributed by atoms with Gasteiger partial charge in [-0.15, -0.1) is 5.10 Å². The van der Waals surface area contributed by atoms with Gasteiger partial charge >= 0.3 is 0 Å². The van der Waals surface area contributed by atoms with Crippen LogP contribution < -0.4 is 5.73 Å². The van der Waals surface area contributed by atoms with Crippen molar-refractivity contribution in [3.63, 3.8) is 0 Å². The van der Waals surface area contributed by atoms with Gasteiger partial charge in [0.15, 0.2) is 5.82 Å². The molecule has 0 radical (unpaired) electrons. The summed E-state index contributed by atoms with van der Waals surface area (Å²) >= 11 is 0. The zero-order chi connectivity index (χ0) is 11.5. The number of tetrazole rings is 1. The van der Waals surface area contributed by atoms with E-state index in [1.54, 1.807) is 10.7 Å². The molecule has 0 amide bonds. The third-order valence-corrected chi connectivity index (χ3v) is 2.23. The largest absolute Gasteiger partial charge is 0.396 e. The fraction of sp³-hybridized carbons (Fsp3) is 0.300. The highest BCUT2D eigenvalue weighted by atomic mass is 19.1. The maximum absolute atomic E-state index is 13.3. The molecule has 0 aliphatic carbocycles. The average molecular weight is 221 g/mol. The van der Waals surface area contributed by atoms with Crippen LogP contribution in [0, 0.1) is 5.82 Å². The van der Waals surface area contributed by atoms with Gasteiger partial charge in [0.2, 0.25) is 0 Å². The highest BCUT2D eigenvalue weighted by molar-refractivity contribution is 5.58. The van der Waals surface area contributed by atoms with Gasteiger partial charge in [-0.2, -0.15) is 0 Å². The van der Waals surface area contributed by atoms with Crippen LogP contribution in [-0.4, -0.2) is 20.2 Å². The maximum Gasteiger partial charge on any atom is 0.182 e. The first kappa shape index (κ1) is 10.5. The number of nitrogens with two attached hydrogens (primary N) is 1. The minimum atomic E-state index is -0.455. The van der Waals surface area contributed by atoms with Gasteiger partial charge in [0, 0.05) is 12.1 Å². The minimum Gasteiger partial charge on any atom is -0.396 e. The van der Waals surface area contributed by atoms with Crippen LogP contribution in [0.4, 0.5) is 10.1 Å². The van der Waals surface area contributed by atoms with E-state index in [9.17, 15) is 4.39 Å². The lowest BCUT2D eigenvalue weighted by molar-refractivity contribution is 0.583. The molecule has 84 valence electrons. The number of halogens is 1. The summed E-state index contributed by atoms with van der Waals surface area (Å²) in [5, 5.41) is 11.3. The van der Waals surface area contributed by atoms with Crippen LogP contribution in [0.1, 0.15) is 13.3 Å². The first-order valence-electron chi connectivity index (χ1n) is 5.04. The quantitative estimate of drug-likeness (QED) is 0.797. The maximum atomic E-state index is 13.3. The standard InChI is InChI=1S/C10H12FN5/c1-2-5-16-10(13-14-15-16)7-3-4-9(12)8(11)6-7/h3-4,6H,2,5,12H2,1H3. The Kier molecular flexibility index (Phi) is 2.80. The van der Waals surface area contributed by atoms with Gasteiger partial charge in [-0.1, -0.05) is 6.92 Å². The average Bonchev–Trinajstić information content (AvgIpc) is 2.71. The van der Waals surface area contributed by atoms with Crippen molar-refractivity contribution in [3.8, 4) is 11.4 Å². The van der Waals surface area contributed by atoms with Crippen LogP contribution in [-0.2, 0) is 6.54 Å². The van der Waals surface area contributed by atoms with Gasteiger partial charge in [-0.3, -0.25) is 0 Å². The van der Waals surface area contributed by atoms with Crippen molar-refractivity contribution in [1.29, 1.82) is 0 Å². The van der Waals surface area contributed by atoms with Gasteiger partial charge in [-0.05, 0) is 35.0 Å². The van der Waals surface area contributed by atoms with E-state index in [0.29, 0.717) is 17.9 Å². The number of nitrogens with zero attached hydrogens (tertiary/aromatic N) is 4. The molecule has 0 fully saturated rings. The molecule has 1 aromatic carbocycles. The molecule has 0 unspecified atom stereocenters. The second-order valence-corrected chi connectivity index (χ2v) is 3.46. The van der Waals surface area contributed by atoms with Crippen molar-refractivity contribution in [2.24, 2.45) is 0 Å². The third kappa shape index (κ3) is 1.86. The predicted octanol–water partition coefficient (Wildman–Crippen LogP) is 1.47. The predicted molar refractivity (Wildman–Crippen MR) is 57.9 cm³/mol. The number of aromatic nitrogens is 4. The molecule has 0 atom stereocenters. The van der Waals surface area contributed by atoms with E-state index >= 15 is 0 Å². The zero-order valence-electron chi connectivity index (χ0n) is 8.89. The van der Waals surface area contributed by atoms with E-state index in [2.05, 4.69) is 15.5 Å². The van der Waals surface area contributed by atoms with Crippen molar-refractivity contribution < 1.29 is 4.39 Å². The van der Waals surface area contributed by atoms with E-state index in [1.807, 2.05) is 6.92 Å². The molecule has 16 heavy (non-hydrogen) atoms. The Bertz CT molecular complexity index is 494. The van der Waals surface area contributed by atoms with E-state index in [4.69, 9.17) is 5.73 Å². The van der Waals surface area contributed by atoms with E-state index in [1.165, 1.54) is 12.1 Å². The molecule has 0 aliphatic rings. The molecule has 0 spiro atoms. The summed E-state index contributed by atoms with van der Waals surface area (Å²) in [6.07, 6.45) is 0.912. The van der Waals surface area contributed by atoms with E-state index in [0.717, 1.165) is 6.42 Å². The molecule has 0 saturated carbocycles.